The van der Waals surface area contributed by atoms with Crippen LogP contribution in [0.5, 0.6) is 0 Å². The minimum Gasteiger partial charge on any atom is -0.480 e. The normalized spacial score (nSPS) is 14.3. The van der Waals surface area contributed by atoms with E-state index in [1.54, 1.807) is 0 Å². The van der Waals surface area contributed by atoms with E-state index in [-0.39, 0.29) is 12.6 Å². The van der Waals surface area contributed by atoms with Crippen LogP contribution in [0.2, 0.25) is 0 Å². The lowest BCUT2D eigenvalue weighted by atomic mass is 10.3. The van der Waals surface area contributed by atoms with Crippen LogP contribution in [-0.2, 0) is 9.53 Å². The van der Waals surface area contributed by atoms with Gasteiger partial charge in [0.05, 0.1) is 0 Å². The van der Waals surface area contributed by atoms with Gasteiger partial charge in [0, 0.05) is 26.3 Å². The largest absolute Gasteiger partial charge is 0.480 e. The van der Waals surface area contributed by atoms with Crippen molar-refractivity contribution in [3.05, 3.63) is 0 Å². The van der Waals surface area contributed by atoms with Gasteiger partial charge in [0.25, 0.3) is 0 Å². The Morgan fingerprint density at radius 3 is 2.72 bits per heavy atom. The Labute approximate surface area is 107 Å². The van der Waals surface area contributed by atoms with Gasteiger partial charge in [-0.3, -0.25) is 4.79 Å². The summed E-state index contributed by atoms with van der Waals surface area (Å²) in [5, 5.41) is 11.5. The SMILES string of the molecule is CCOCCCNC(=O)N(CC(=O)O)CC1CC1. The van der Waals surface area contributed by atoms with E-state index in [1.165, 1.54) is 4.90 Å². The average Bonchev–Trinajstić information content (AvgIpc) is 3.11. The number of aliphatic carboxylic acids is 1. The maximum Gasteiger partial charge on any atom is 0.323 e. The van der Waals surface area contributed by atoms with Crippen LogP contribution in [0.15, 0.2) is 0 Å². The Hall–Kier alpha value is -1.30. The number of carbonyl (C=O) groups excluding carboxylic acids is 1. The highest BCUT2D eigenvalue weighted by atomic mass is 16.5. The molecule has 0 unspecified atom stereocenters. The molecule has 18 heavy (non-hydrogen) atoms. The molecular weight excluding hydrogens is 236 g/mol. The molecule has 0 aromatic heterocycles. The summed E-state index contributed by atoms with van der Waals surface area (Å²) < 4.78 is 5.16. The smallest absolute Gasteiger partial charge is 0.323 e. The molecule has 1 aliphatic rings. The van der Waals surface area contributed by atoms with Gasteiger partial charge in [0.2, 0.25) is 0 Å². The number of amides is 2. The van der Waals surface area contributed by atoms with Gasteiger partial charge in [-0.05, 0) is 32.1 Å². The summed E-state index contributed by atoms with van der Waals surface area (Å²) >= 11 is 0. The summed E-state index contributed by atoms with van der Waals surface area (Å²) in [6.07, 6.45) is 2.92. The molecule has 0 aromatic rings. The van der Waals surface area contributed by atoms with Gasteiger partial charge in [-0.25, -0.2) is 4.79 Å². The van der Waals surface area contributed by atoms with Gasteiger partial charge in [-0.1, -0.05) is 0 Å². The van der Waals surface area contributed by atoms with Crippen LogP contribution in [0.4, 0.5) is 4.79 Å². The van der Waals surface area contributed by atoms with E-state index in [0.29, 0.717) is 32.2 Å². The van der Waals surface area contributed by atoms with E-state index in [4.69, 9.17) is 9.84 Å². The fourth-order valence-corrected chi connectivity index (χ4v) is 1.62. The van der Waals surface area contributed by atoms with Crippen molar-refractivity contribution in [1.82, 2.24) is 10.2 Å². The van der Waals surface area contributed by atoms with Crippen LogP contribution in [0.1, 0.15) is 26.2 Å². The number of carboxylic acid groups (broad SMARTS) is 1. The van der Waals surface area contributed by atoms with E-state index in [2.05, 4.69) is 5.32 Å². The van der Waals surface area contributed by atoms with Crippen molar-refractivity contribution in [3.8, 4) is 0 Å². The quantitative estimate of drug-likeness (QED) is 0.603. The molecular formula is C12H22N2O4. The molecule has 1 aliphatic carbocycles. The first-order valence-corrected chi connectivity index (χ1v) is 6.45. The Bertz CT molecular complexity index is 279. The molecule has 0 aliphatic heterocycles. The number of hydrogen-bond acceptors (Lipinski definition) is 3. The lowest BCUT2D eigenvalue weighted by Crippen LogP contribution is -2.44. The predicted octanol–water partition coefficient (Wildman–Crippen LogP) is 0.919. The van der Waals surface area contributed by atoms with Crippen molar-refractivity contribution in [2.75, 3.05) is 32.8 Å². The molecule has 6 heteroatoms. The van der Waals surface area contributed by atoms with Crippen molar-refractivity contribution in [1.29, 1.82) is 0 Å². The van der Waals surface area contributed by atoms with Crippen LogP contribution in [0, 0.1) is 5.92 Å². The molecule has 1 fully saturated rings. The van der Waals surface area contributed by atoms with Crippen LogP contribution in [-0.4, -0.2) is 54.9 Å². The first-order chi connectivity index (χ1) is 8.63. The molecule has 0 saturated heterocycles. The summed E-state index contributed by atoms with van der Waals surface area (Å²) in [6.45, 7) is 4.03. The summed E-state index contributed by atoms with van der Waals surface area (Å²) in [6, 6.07) is -0.291. The number of nitrogens with zero attached hydrogens (tertiary/aromatic N) is 1. The van der Waals surface area contributed by atoms with E-state index in [1.807, 2.05) is 6.92 Å². The zero-order chi connectivity index (χ0) is 13.4. The van der Waals surface area contributed by atoms with Crippen molar-refractivity contribution in [2.24, 2.45) is 5.92 Å². The molecule has 1 saturated carbocycles. The molecule has 0 bridgehead atoms. The Kier molecular flexibility index (Phi) is 6.49. The summed E-state index contributed by atoms with van der Waals surface area (Å²) in [7, 11) is 0. The minimum absolute atomic E-state index is 0.228. The molecule has 2 amide bonds. The highest BCUT2D eigenvalue weighted by Crippen LogP contribution is 2.29. The third kappa shape index (κ3) is 6.44. The summed E-state index contributed by atoms with van der Waals surface area (Å²) in [5.41, 5.74) is 0. The second-order valence-corrected chi connectivity index (χ2v) is 4.50. The second-order valence-electron chi connectivity index (χ2n) is 4.50. The van der Waals surface area contributed by atoms with Crippen molar-refractivity contribution in [3.63, 3.8) is 0 Å². The highest BCUT2D eigenvalue weighted by Gasteiger charge is 2.27. The van der Waals surface area contributed by atoms with E-state index < -0.39 is 5.97 Å². The van der Waals surface area contributed by atoms with Gasteiger partial charge in [-0.2, -0.15) is 0 Å². The third-order valence-corrected chi connectivity index (χ3v) is 2.73. The van der Waals surface area contributed by atoms with E-state index >= 15 is 0 Å². The molecule has 1 rings (SSSR count). The van der Waals surface area contributed by atoms with Crippen LogP contribution < -0.4 is 5.32 Å². The first kappa shape index (κ1) is 14.8. The first-order valence-electron chi connectivity index (χ1n) is 6.45. The van der Waals surface area contributed by atoms with Crippen molar-refractivity contribution >= 4 is 12.0 Å². The van der Waals surface area contributed by atoms with Crippen LogP contribution in [0.3, 0.4) is 0 Å². The van der Waals surface area contributed by atoms with Crippen LogP contribution in [0.25, 0.3) is 0 Å². The zero-order valence-corrected chi connectivity index (χ0v) is 10.9. The molecule has 0 atom stereocenters. The maximum absolute atomic E-state index is 11.8. The number of nitrogens with one attached hydrogen (secondary N) is 1. The van der Waals surface area contributed by atoms with Gasteiger partial charge in [0.1, 0.15) is 6.54 Å². The highest BCUT2D eigenvalue weighted by molar-refractivity contribution is 5.80. The Morgan fingerprint density at radius 1 is 1.44 bits per heavy atom. The predicted molar refractivity (Wildman–Crippen MR) is 66.4 cm³/mol. The number of urea groups is 1. The van der Waals surface area contributed by atoms with Crippen LogP contribution >= 0.6 is 0 Å². The molecule has 0 radical (unpaired) electrons. The standard InChI is InChI=1S/C12H22N2O4/c1-2-18-7-3-6-13-12(17)14(9-11(15)16)8-10-4-5-10/h10H,2-9H2,1H3,(H,13,17)(H,15,16). The minimum atomic E-state index is -0.972. The van der Waals surface area contributed by atoms with E-state index in [0.717, 1.165) is 19.3 Å². The van der Waals surface area contributed by atoms with E-state index in [9.17, 15) is 9.59 Å². The number of ether oxygens (including phenoxy) is 1. The molecule has 6 nitrogen and oxygen atoms in total. The van der Waals surface area contributed by atoms with Gasteiger partial charge >= 0.3 is 12.0 Å². The topological polar surface area (TPSA) is 78.9 Å². The molecule has 0 spiro atoms. The maximum atomic E-state index is 11.8. The number of carboxylic acids is 1. The number of rotatable bonds is 9. The molecule has 104 valence electrons. The number of hydrogen-bond donors (Lipinski definition) is 2. The van der Waals surface area contributed by atoms with Crippen molar-refractivity contribution < 1.29 is 19.4 Å². The van der Waals surface area contributed by atoms with Gasteiger partial charge in [-0.15, -0.1) is 0 Å². The summed E-state index contributed by atoms with van der Waals surface area (Å²) in [4.78, 5) is 23.9. The zero-order valence-electron chi connectivity index (χ0n) is 10.9. The fourth-order valence-electron chi connectivity index (χ4n) is 1.62. The molecule has 2 N–H and O–H groups in total. The fraction of sp³-hybridized carbons (Fsp3) is 0.833. The van der Waals surface area contributed by atoms with Gasteiger partial charge < -0.3 is 20.1 Å². The molecule has 0 heterocycles. The third-order valence-electron chi connectivity index (χ3n) is 2.73. The van der Waals surface area contributed by atoms with Gasteiger partial charge in [0.15, 0.2) is 0 Å². The monoisotopic (exact) mass is 258 g/mol. The Morgan fingerprint density at radius 2 is 2.17 bits per heavy atom. The Balaban J connectivity index is 2.22. The second kappa shape index (κ2) is 7.92. The lowest BCUT2D eigenvalue weighted by Gasteiger charge is -2.21. The molecule has 0 aromatic carbocycles. The summed E-state index contributed by atoms with van der Waals surface area (Å²) in [5.74, 6) is -0.487. The average molecular weight is 258 g/mol. The number of carbonyl (C=O) groups is 2. The lowest BCUT2D eigenvalue weighted by molar-refractivity contribution is -0.137. The van der Waals surface area contributed by atoms with Crippen molar-refractivity contribution in [2.45, 2.75) is 26.2 Å².